The number of sulfonamides is 1. The Hall–Kier alpha value is -3.75. The van der Waals surface area contributed by atoms with Crippen LogP contribution in [0.15, 0.2) is 65.6 Å². The van der Waals surface area contributed by atoms with Crippen LogP contribution in [0.1, 0.15) is 15.9 Å². The number of hydrogen-bond acceptors (Lipinski definition) is 6. The number of nitrogens with two attached hydrogens (primary N) is 1. The van der Waals surface area contributed by atoms with E-state index in [1.807, 2.05) is 0 Å². The van der Waals surface area contributed by atoms with Crippen LogP contribution in [0.5, 0.6) is 11.5 Å². The fraction of sp³-hybridized carbons (Fsp3) is 0.208. The molecule has 0 aliphatic rings. The number of para-hydroxylation sites is 1. The Labute approximate surface area is 214 Å². The fourth-order valence-electron chi connectivity index (χ4n) is 3.55. The quantitative estimate of drug-likeness (QED) is 0.315. The SMILES string of the molecule is COc1cc(NC(=O)c2ccc(-c3ccccc3OC(F)(F)F)c(CNCC(F)F)c2)ccc1S(N)(=O)=O. The van der Waals surface area contributed by atoms with E-state index in [4.69, 9.17) is 9.88 Å². The number of rotatable bonds is 10. The second-order valence-corrected chi connectivity index (χ2v) is 9.33. The van der Waals surface area contributed by atoms with E-state index in [0.29, 0.717) is 0 Å². The molecule has 8 nitrogen and oxygen atoms in total. The van der Waals surface area contributed by atoms with Crippen molar-refractivity contribution in [1.82, 2.24) is 5.32 Å². The number of methoxy groups -OCH3 is 1. The molecule has 3 rings (SSSR count). The molecule has 14 heteroatoms. The fourth-order valence-corrected chi connectivity index (χ4v) is 4.23. The first-order chi connectivity index (χ1) is 17.8. The Balaban J connectivity index is 1.97. The highest BCUT2D eigenvalue weighted by atomic mass is 32.2. The lowest BCUT2D eigenvalue weighted by Gasteiger charge is -2.17. The summed E-state index contributed by atoms with van der Waals surface area (Å²) in [7, 11) is -2.87. The van der Waals surface area contributed by atoms with Gasteiger partial charge in [0, 0.05) is 29.4 Å². The van der Waals surface area contributed by atoms with Gasteiger partial charge in [0.1, 0.15) is 16.4 Å². The minimum atomic E-state index is -4.97. The molecule has 0 bridgehead atoms. The molecule has 4 N–H and O–H groups in total. The van der Waals surface area contributed by atoms with Crippen molar-refractivity contribution in [3.63, 3.8) is 0 Å². The van der Waals surface area contributed by atoms with Crippen LogP contribution in [0, 0.1) is 0 Å². The largest absolute Gasteiger partial charge is 0.573 e. The molecule has 0 aliphatic heterocycles. The molecule has 1 amide bonds. The summed E-state index contributed by atoms with van der Waals surface area (Å²) in [5.74, 6) is -1.29. The minimum Gasteiger partial charge on any atom is -0.495 e. The topological polar surface area (TPSA) is 120 Å². The summed E-state index contributed by atoms with van der Waals surface area (Å²) >= 11 is 0. The van der Waals surface area contributed by atoms with Gasteiger partial charge in [0.05, 0.1) is 13.7 Å². The zero-order chi connectivity index (χ0) is 28.1. The lowest BCUT2D eigenvalue weighted by Crippen LogP contribution is -2.22. The number of alkyl halides is 5. The van der Waals surface area contributed by atoms with Crippen LogP contribution in [0.2, 0.25) is 0 Å². The molecular weight excluding hydrogens is 537 g/mol. The highest BCUT2D eigenvalue weighted by molar-refractivity contribution is 7.89. The number of halogens is 5. The van der Waals surface area contributed by atoms with E-state index in [9.17, 15) is 35.2 Å². The molecule has 0 radical (unpaired) electrons. The Bertz CT molecular complexity index is 1410. The maximum Gasteiger partial charge on any atom is 0.573 e. The van der Waals surface area contributed by atoms with Crippen LogP contribution in [0.4, 0.5) is 27.6 Å². The van der Waals surface area contributed by atoms with Gasteiger partial charge in [-0.25, -0.2) is 22.3 Å². The molecule has 0 fully saturated rings. The normalized spacial score (nSPS) is 11.9. The maximum atomic E-state index is 12.9. The summed E-state index contributed by atoms with van der Waals surface area (Å²) in [5.41, 5.74) is 0.714. The zero-order valence-corrected chi connectivity index (χ0v) is 20.5. The van der Waals surface area contributed by atoms with Crippen LogP contribution in [-0.2, 0) is 16.6 Å². The van der Waals surface area contributed by atoms with Crippen molar-refractivity contribution in [2.45, 2.75) is 24.2 Å². The summed E-state index contributed by atoms with van der Waals surface area (Å²) in [5, 5.41) is 10.2. The Morgan fingerprint density at radius 3 is 2.34 bits per heavy atom. The molecule has 0 saturated heterocycles. The van der Waals surface area contributed by atoms with E-state index < -0.39 is 41.0 Å². The van der Waals surface area contributed by atoms with Crippen molar-refractivity contribution >= 4 is 21.6 Å². The minimum absolute atomic E-state index is 0.0361. The average Bonchev–Trinajstić information content (AvgIpc) is 2.82. The van der Waals surface area contributed by atoms with Gasteiger partial charge < -0.3 is 20.1 Å². The molecule has 0 unspecified atom stereocenters. The molecule has 3 aromatic carbocycles. The maximum absolute atomic E-state index is 12.9. The van der Waals surface area contributed by atoms with Crippen molar-refractivity contribution in [1.29, 1.82) is 0 Å². The van der Waals surface area contributed by atoms with Gasteiger partial charge in [-0.15, -0.1) is 13.2 Å². The van der Waals surface area contributed by atoms with Crippen molar-refractivity contribution in [2.75, 3.05) is 19.0 Å². The third-order valence-corrected chi connectivity index (χ3v) is 6.06. The Kier molecular flexibility index (Phi) is 8.91. The van der Waals surface area contributed by atoms with Gasteiger partial charge in [0.25, 0.3) is 12.3 Å². The van der Waals surface area contributed by atoms with Crippen molar-refractivity contribution < 1.29 is 44.6 Å². The Morgan fingerprint density at radius 2 is 1.71 bits per heavy atom. The predicted octanol–water partition coefficient (Wildman–Crippen LogP) is 4.52. The molecule has 204 valence electrons. The van der Waals surface area contributed by atoms with Gasteiger partial charge in [-0.2, -0.15) is 0 Å². The third kappa shape index (κ3) is 7.63. The van der Waals surface area contributed by atoms with E-state index in [1.54, 1.807) is 0 Å². The van der Waals surface area contributed by atoms with Crippen molar-refractivity contribution in [3.05, 3.63) is 71.8 Å². The molecule has 0 aliphatic carbocycles. The molecule has 3 aromatic rings. The van der Waals surface area contributed by atoms with E-state index in [2.05, 4.69) is 15.4 Å². The van der Waals surface area contributed by atoms with Crippen LogP contribution < -0.4 is 25.2 Å². The number of carbonyl (C=O) groups is 1. The number of primary sulfonamides is 1. The number of carbonyl (C=O) groups excluding carboxylic acids is 1. The summed E-state index contributed by atoms with van der Waals surface area (Å²) in [6.45, 7) is -0.884. The Morgan fingerprint density at radius 1 is 1.00 bits per heavy atom. The molecule has 0 heterocycles. The highest BCUT2D eigenvalue weighted by Crippen LogP contribution is 2.36. The number of nitrogens with one attached hydrogen (secondary N) is 2. The standard InChI is InChI=1S/C24H22F5N3O5S/c1-36-20-11-16(7-9-21(20)38(30,34)35)32-23(33)14-6-8-17(15(10-14)12-31-13-22(25)26)18-4-2-3-5-19(18)37-24(27,28)29/h2-11,22,31H,12-13H2,1H3,(H,32,33)(H2,30,34,35). The summed E-state index contributed by atoms with van der Waals surface area (Å²) in [6.07, 6.45) is -7.65. The predicted molar refractivity (Wildman–Crippen MR) is 129 cm³/mol. The van der Waals surface area contributed by atoms with Gasteiger partial charge >= 0.3 is 6.36 Å². The van der Waals surface area contributed by atoms with Gasteiger partial charge in [0.15, 0.2) is 0 Å². The summed E-state index contributed by atoms with van der Waals surface area (Å²) in [4.78, 5) is 12.6. The second-order valence-electron chi connectivity index (χ2n) is 7.80. The van der Waals surface area contributed by atoms with Crippen LogP contribution in [0.3, 0.4) is 0 Å². The summed E-state index contributed by atoms with van der Waals surface area (Å²) < 4.78 is 96.7. The molecule has 0 atom stereocenters. The zero-order valence-electron chi connectivity index (χ0n) is 19.7. The number of benzene rings is 3. The van der Waals surface area contributed by atoms with Crippen molar-refractivity contribution in [3.8, 4) is 22.6 Å². The third-order valence-electron chi connectivity index (χ3n) is 5.11. The molecule has 38 heavy (non-hydrogen) atoms. The van der Waals surface area contributed by atoms with E-state index in [1.165, 1.54) is 55.6 Å². The number of hydrogen-bond donors (Lipinski definition) is 3. The first-order valence-electron chi connectivity index (χ1n) is 10.8. The van der Waals surface area contributed by atoms with Crippen LogP contribution in [-0.4, -0.2) is 40.8 Å². The lowest BCUT2D eigenvalue weighted by molar-refractivity contribution is -0.274. The molecule has 0 spiro atoms. The van der Waals surface area contributed by atoms with E-state index >= 15 is 0 Å². The van der Waals surface area contributed by atoms with Gasteiger partial charge in [0.2, 0.25) is 10.0 Å². The van der Waals surface area contributed by atoms with Gasteiger partial charge in [-0.1, -0.05) is 24.3 Å². The van der Waals surface area contributed by atoms with Crippen molar-refractivity contribution in [2.24, 2.45) is 5.14 Å². The smallest absolute Gasteiger partial charge is 0.495 e. The molecular formula is C24H22F5N3O5S. The van der Waals surface area contributed by atoms with E-state index in [-0.39, 0.29) is 45.1 Å². The number of amides is 1. The summed E-state index contributed by atoms with van der Waals surface area (Å²) in [6, 6.07) is 13.0. The second kappa shape index (κ2) is 11.8. The number of ether oxygens (including phenoxy) is 2. The number of anilines is 1. The molecule has 0 saturated carbocycles. The monoisotopic (exact) mass is 559 g/mol. The van der Waals surface area contributed by atoms with Gasteiger partial charge in [-0.05, 0) is 41.5 Å². The first kappa shape index (κ1) is 28.8. The lowest BCUT2D eigenvalue weighted by atomic mass is 9.96. The average molecular weight is 560 g/mol. The van der Waals surface area contributed by atoms with Crippen LogP contribution >= 0.6 is 0 Å². The first-order valence-corrected chi connectivity index (χ1v) is 12.3. The molecule has 0 aromatic heterocycles. The highest BCUT2D eigenvalue weighted by Gasteiger charge is 2.32. The van der Waals surface area contributed by atoms with E-state index in [0.717, 1.165) is 12.1 Å². The van der Waals surface area contributed by atoms with Gasteiger partial charge in [-0.3, -0.25) is 4.79 Å². The van der Waals surface area contributed by atoms with Crippen LogP contribution in [0.25, 0.3) is 11.1 Å².